The van der Waals surface area contributed by atoms with Crippen molar-refractivity contribution < 1.29 is 0 Å². The molecule has 0 radical (unpaired) electrons. The summed E-state index contributed by atoms with van der Waals surface area (Å²) in [5.74, 6) is 0. The quantitative estimate of drug-likeness (QED) is 0.737. The molecule has 0 amide bonds. The highest BCUT2D eigenvalue weighted by Crippen LogP contribution is 2.31. The molecule has 1 heterocycles. The molecular weight excluding hydrogens is 282 g/mol. The van der Waals surface area contributed by atoms with Gasteiger partial charge in [0.05, 0.1) is 16.8 Å². The molecule has 0 bridgehead atoms. The molecule has 1 aromatic heterocycles. The van der Waals surface area contributed by atoms with E-state index in [0.717, 1.165) is 27.8 Å². The highest BCUT2D eigenvalue weighted by atomic mass is 35.5. The number of rotatable bonds is 2. The number of nitrogens with zero attached hydrogens (tertiary/aromatic N) is 2. The van der Waals surface area contributed by atoms with Gasteiger partial charge < -0.3 is 5.32 Å². The molecule has 1 N–H and O–H groups in total. The summed E-state index contributed by atoms with van der Waals surface area (Å²) in [7, 11) is 0. The Kier molecular flexibility index (Phi) is 3.47. The summed E-state index contributed by atoms with van der Waals surface area (Å²) in [6.45, 7) is 1.99. The first-order valence-electron chi connectivity index (χ1n) is 6.50. The molecule has 3 aromatic rings. The number of hydrogen-bond donors (Lipinski definition) is 1. The number of fused-ring (bicyclic) bond motifs is 1. The van der Waals surface area contributed by atoms with E-state index < -0.39 is 0 Å². The van der Waals surface area contributed by atoms with E-state index >= 15 is 0 Å². The average Bonchev–Trinajstić information content (AvgIpc) is 2.51. The highest BCUT2D eigenvalue weighted by molar-refractivity contribution is 6.30. The lowest BCUT2D eigenvalue weighted by Crippen LogP contribution is -1.98. The van der Waals surface area contributed by atoms with Crippen LogP contribution in [0, 0.1) is 18.3 Å². The topological polar surface area (TPSA) is 48.7 Å². The molecular formula is C17H12ClN3. The average molecular weight is 294 g/mol. The van der Waals surface area contributed by atoms with Gasteiger partial charge in [0, 0.05) is 22.3 Å². The lowest BCUT2D eigenvalue weighted by atomic mass is 10.1. The lowest BCUT2D eigenvalue weighted by molar-refractivity contribution is 1.35. The van der Waals surface area contributed by atoms with Gasteiger partial charge in [-0.15, -0.1) is 0 Å². The van der Waals surface area contributed by atoms with Crippen molar-refractivity contribution in [3.8, 4) is 6.07 Å². The van der Waals surface area contributed by atoms with E-state index in [0.29, 0.717) is 10.6 Å². The molecule has 21 heavy (non-hydrogen) atoms. The molecule has 0 aliphatic heterocycles. The number of aromatic nitrogens is 1. The third-order valence-electron chi connectivity index (χ3n) is 3.36. The van der Waals surface area contributed by atoms with Gasteiger partial charge in [-0.3, -0.25) is 4.98 Å². The smallest absolute Gasteiger partial charge is 0.103 e. The van der Waals surface area contributed by atoms with E-state index in [2.05, 4.69) is 16.4 Å². The zero-order chi connectivity index (χ0) is 14.8. The number of benzene rings is 2. The van der Waals surface area contributed by atoms with Crippen LogP contribution >= 0.6 is 11.6 Å². The van der Waals surface area contributed by atoms with E-state index in [9.17, 15) is 5.26 Å². The van der Waals surface area contributed by atoms with E-state index in [1.165, 1.54) is 0 Å². The third-order valence-corrected chi connectivity index (χ3v) is 3.59. The number of halogens is 1. The second-order valence-corrected chi connectivity index (χ2v) is 5.20. The van der Waals surface area contributed by atoms with Crippen LogP contribution in [0.2, 0.25) is 5.02 Å². The summed E-state index contributed by atoms with van der Waals surface area (Å²) in [6, 6.07) is 15.6. The fourth-order valence-electron chi connectivity index (χ4n) is 2.22. The Morgan fingerprint density at radius 2 is 2.00 bits per heavy atom. The minimum atomic E-state index is 0.507. The lowest BCUT2D eigenvalue weighted by Gasteiger charge is -2.13. The molecule has 102 valence electrons. The Hall–Kier alpha value is -2.57. The van der Waals surface area contributed by atoms with Crippen molar-refractivity contribution in [2.24, 2.45) is 0 Å². The zero-order valence-corrected chi connectivity index (χ0v) is 12.1. The third kappa shape index (κ3) is 2.54. The second-order valence-electron chi connectivity index (χ2n) is 4.76. The van der Waals surface area contributed by atoms with Crippen molar-refractivity contribution in [1.29, 1.82) is 5.26 Å². The molecule has 0 atom stereocenters. The van der Waals surface area contributed by atoms with Crippen molar-refractivity contribution >= 4 is 33.9 Å². The Morgan fingerprint density at radius 1 is 1.19 bits per heavy atom. The summed E-state index contributed by atoms with van der Waals surface area (Å²) >= 11 is 6.06. The van der Waals surface area contributed by atoms with Gasteiger partial charge >= 0.3 is 0 Å². The standard InChI is InChI=1S/C17H12ClN3/c1-11-6-7-13(18)8-16(11)21-17-12(9-19)10-20-15-5-3-2-4-14(15)17/h2-8,10H,1H3,(H,20,21). The van der Waals surface area contributed by atoms with Gasteiger partial charge in [-0.05, 0) is 30.7 Å². The van der Waals surface area contributed by atoms with Crippen LogP contribution < -0.4 is 5.32 Å². The summed E-state index contributed by atoms with van der Waals surface area (Å²) in [6.07, 6.45) is 1.59. The second kappa shape index (κ2) is 5.43. The SMILES string of the molecule is Cc1ccc(Cl)cc1Nc1c(C#N)cnc2ccccc12. The van der Waals surface area contributed by atoms with Gasteiger partial charge in [-0.25, -0.2) is 0 Å². The van der Waals surface area contributed by atoms with E-state index in [1.807, 2.05) is 49.4 Å². The van der Waals surface area contributed by atoms with Crippen molar-refractivity contribution in [2.45, 2.75) is 6.92 Å². The highest BCUT2D eigenvalue weighted by Gasteiger charge is 2.10. The number of nitrogens with one attached hydrogen (secondary N) is 1. The molecule has 4 heteroatoms. The number of hydrogen-bond acceptors (Lipinski definition) is 3. The summed E-state index contributed by atoms with van der Waals surface area (Å²) < 4.78 is 0. The van der Waals surface area contributed by atoms with Crippen LogP contribution in [0.15, 0.2) is 48.7 Å². The van der Waals surface area contributed by atoms with Gasteiger partial charge in [0.2, 0.25) is 0 Å². The Balaban J connectivity index is 2.19. The molecule has 3 rings (SSSR count). The number of para-hydroxylation sites is 1. The normalized spacial score (nSPS) is 10.3. The first-order chi connectivity index (χ1) is 10.2. The molecule has 3 nitrogen and oxygen atoms in total. The van der Waals surface area contributed by atoms with Crippen molar-refractivity contribution in [3.05, 3.63) is 64.8 Å². The molecule has 2 aromatic carbocycles. The minimum Gasteiger partial charge on any atom is -0.354 e. The first kappa shape index (κ1) is 13.4. The van der Waals surface area contributed by atoms with Crippen LogP contribution in [0.25, 0.3) is 10.9 Å². The summed E-state index contributed by atoms with van der Waals surface area (Å²) in [5, 5.41) is 14.2. The van der Waals surface area contributed by atoms with Crippen molar-refractivity contribution in [3.63, 3.8) is 0 Å². The number of aryl methyl sites for hydroxylation is 1. The van der Waals surface area contributed by atoms with Crippen LogP contribution in [0.4, 0.5) is 11.4 Å². The Bertz CT molecular complexity index is 866. The van der Waals surface area contributed by atoms with Gasteiger partial charge in [0.25, 0.3) is 0 Å². The van der Waals surface area contributed by atoms with Gasteiger partial charge in [-0.1, -0.05) is 35.9 Å². The van der Waals surface area contributed by atoms with Crippen LogP contribution in [0.3, 0.4) is 0 Å². The maximum atomic E-state index is 9.32. The predicted molar refractivity (Wildman–Crippen MR) is 85.9 cm³/mol. The maximum absolute atomic E-state index is 9.32. The van der Waals surface area contributed by atoms with Crippen LogP contribution in [0.1, 0.15) is 11.1 Å². The summed E-state index contributed by atoms with van der Waals surface area (Å²) in [5.41, 5.74) is 4.06. The molecule has 0 aliphatic rings. The zero-order valence-electron chi connectivity index (χ0n) is 11.4. The Labute approximate surface area is 127 Å². The summed E-state index contributed by atoms with van der Waals surface area (Å²) in [4.78, 5) is 4.31. The molecule has 0 saturated carbocycles. The van der Waals surface area contributed by atoms with Crippen LogP contribution in [0.5, 0.6) is 0 Å². The van der Waals surface area contributed by atoms with Gasteiger partial charge in [-0.2, -0.15) is 5.26 Å². The molecule has 0 saturated heterocycles. The number of anilines is 2. The maximum Gasteiger partial charge on any atom is 0.103 e. The minimum absolute atomic E-state index is 0.507. The Morgan fingerprint density at radius 3 is 2.81 bits per heavy atom. The van der Waals surface area contributed by atoms with Crippen LogP contribution in [-0.4, -0.2) is 4.98 Å². The fourth-order valence-corrected chi connectivity index (χ4v) is 2.40. The van der Waals surface area contributed by atoms with Gasteiger partial charge in [0.1, 0.15) is 6.07 Å². The molecule has 0 unspecified atom stereocenters. The van der Waals surface area contributed by atoms with Gasteiger partial charge in [0.15, 0.2) is 0 Å². The number of nitriles is 1. The monoisotopic (exact) mass is 293 g/mol. The molecule has 0 spiro atoms. The van der Waals surface area contributed by atoms with Crippen molar-refractivity contribution in [1.82, 2.24) is 4.98 Å². The molecule has 0 fully saturated rings. The van der Waals surface area contributed by atoms with E-state index in [-0.39, 0.29) is 0 Å². The number of pyridine rings is 1. The molecule has 0 aliphatic carbocycles. The van der Waals surface area contributed by atoms with Crippen LogP contribution in [-0.2, 0) is 0 Å². The van der Waals surface area contributed by atoms with Crippen molar-refractivity contribution in [2.75, 3.05) is 5.32 Å². The fraction of sp³-hybridized carbons (Fsp3) is 0.0588. The van der Waals surface area contributed by atoms with E-state index in [1.54, 1.807) is 6.20 Å². The predicted octanol–water partition coefficient (Wildman–Crippen LogP) is 4.81. The largest absolute Gasteiger partial charge is 0.354 e. The first-order valence-corrected chi connectivity index (χ1v) is 6.88. The van der Waals surface area contributed by atoms with E-state index in [4.69, 9.17) is 11.6 Å².